The van der Waals surface area contributed by atoms with E-state index in [4.69, 9.17) is 25.9 Å². The van der Waals surface area contributed by atoms with E-state index in [-0.39, 0.29) is 0 Å². The van der Waals surface area contributed by atoms with Crippen LogP contribution in [0.3, 0.4) is 0 Å². The first kappa shape index (κ1) is 22.4. The maximum Gasteiger partial charge on any atom is 0.247 e. The van der Waals surface area contributed by atoms with Crippen molar-refractivity contribution >= 4 is 23.2 Å². The normalized spacial score (nSPS) is 26.3. The number of nitrogens with zero attached hydrogens (tertiary/aromatic N) is 1. The van der Waals surface area contributed by atoms with Crippen molar-refractivity contribution < 1.29 is 39.5 Å². The van der Waals surface area contributed by atoms with Crippen LogP contribution in [0.4, 0.5) is 5.69 Å². The molecule has 5 atom stereocenters. The van der Waals surface area contributed by atoms with E-state index < -0.39 is 43.2 Å². The van der Waals surface area contributed by atoms with Crippen molar-refractivity contribution in [1.82, 2.24) is 0 Å². The molecule has 1 heterocycles. The first-order valence-corrected chi connectivity index (χ1v) is 9.49. The number of hydroxylamine groups is 1. The van der Waals surface area contributed by atoms with Crippen LogP contribution in [0.25, 0.3) is 0 Å². The lowest BCUT2D eigenvalue weighted by molar-refractivity contribution is -0.302. The lowest BCUT2D eigenvalue weighted by Crippen LogP contribution is -2.60. The van der Waals surface area contributed by atoms with Gasteiger partial charge in [-0.15, -0.1) is 0 Å². The van der Waals surface area contributed by atoms with Crippen molar-refractivity contribution in [3.8, 4) is 11.5 Å². The molecule has 1 fully saturated rings. The number of aliphatic hydroxyl groups is 4. The molecule has 10 heteroatoms. The monoisotopic (exact) mass is 439 g/mol. The molecule has 0 radical (unpaired) electrons. The van der Waals surface area contributed by atoms with Gasteiger partial charge in [0.1, 0.15) is 35.9 Å². The third-order valence-corrected chi connectivity index (χ3v) is 4.72. The summed E-state index contributed by atoms with van der Waals surface area (Å²) in [5.74, 6) is 0.545. The highest BCUT2D eigenvalue weighted by molar-refractivity contribution is 6.30. The standard InChI is InChI=1S/C20H22ClNO8/c1-11(24)22(30-20-19(27)18(26)17(25)16(10-23)29-20)13-4-8-15(9-5-13)28-14-6-2-12(21)3-7-14/h2-9,16-20,23,25-27H,10H2,1H3/t16-,17+,18+,19+,20-/m0/s1. The largest absolute Gasteiger partial charge is 0.457 e. The van der Waals surface area contributed by atoms with E-state index in [0.717, 1.165) is 5.06 Å². The molecule has 1 aliphatic rings. The minimum atomic E-state index is -1.64. The second kappa shape index (κ2) is 9.71. The van der Waals surface area contributed by atoms with Crippen LogP contribution in [0.2, 0.25) is 5.02 Å². The fourth-order valence-corrected chi connectivity index (χ4v) is 2.99. The number of carbonyl (C=O) groups is 1. The molecule has 1 saturated heterocycles. The van der Waals surface area contributed by atoms with E-state index in [1.807, 2.05) is 0 Å². The van der Waals surface area contributed by atoms with Crippen LogP contribution < -0.4 is 9.80 Å². The number of hydrogen-bond donors (Lipinski definition) is 4. The first-order valence-electron chi connectivity index (χ1n) is 9.11. The van der Waals surface area contributed by atoms with Crippen LogP contribution in [-0.4, -0.2) is 63.6 Å². The Morgan fingerprint density at radius 2 is 1.57 bits per heavy atom. The van der Waals surface area contributed by atoms with Crippen molar-refractivity contribution in [2.45, 2.75) is 37.6 Å². The number of benzene rings is 2. The van der Waals surface area contributed by atoms with Crippen molar-refractivity contribution in [2.75, 3.05) is 11.7 Å². The molecule has 0 aliphatic carbocycles. The van der Waals surface area contributed by atoms with Gasteiger partial charge in [0.2, 0.25) is 12.2 Å². The van der Waals surface area contributed by atoms with Crippen molar-refractivity contribution in [3.05, 3.63) is 53.6 Å². The average molecular weight is 440 g/mol. The molecule has 0 saturated carbocycles. The molecule has 4 N–H and O–H groups in total. The number of amides is 1. The van der Waals surface area contributed by atoms with Gasteiger partial charge in [0.05, 0.1) is 12.3 Å². The Balaban J connectivity index is 1.73. The summed E-state index contributed by atoms with van der Waals surface area (Å²) < 4.78 is 11.0. The molecule has 0 unspecified atom stereocenters. The number of carbonyl (C=O) groups excluding carboxylic acids is 1. The smallest absolute Gasteiger partial charge is 0.247 e. The number of ether oxygens (including phenoxy) is 2. The second-order valence-corrected chi connectivity index (χ2v) is 7.10. The minimum Gasteiger partial charge on any atom is -0.457 e. The van der Waals surface area contributed by atoms with Gasteiger partial charge in [0.25, 0.3) is 0 Å². The molecule has 162 valence electrons. The van der Waals surface area contributed by atoms with E-state index in [2.05, 4.69) is 0 Å². The summed E-state index contributed by atoms with van der Waals surface area (Å²) in [7, 11) is 0. The zero-order chi connectivity index (χ0) is 21.8. The van der Waals surface area contributed by atoms with Gasteiger partial charge in [-0.05, 0) is 48.5 Å². The quantitative estimate of drug-likeness (QED) is 0.494. The van der Waals surface area contributed by atoms with Crippen LogP contribution in [0.1, 0.15) is 6.92 Å². The predicted molar refractivity (Wildman–Crippen MR) is 106 cm³/mol. The molecule has 1 amide bonds. The zero-order valence-electron chi connectivity index (χ0n) is 16.0. The summed E-state index contributed by atoms with van der Waals surface area (Å²) in [4.78, 5) is 17.5. The molecule has 30 heavy (non-hydrogen) atoms. The lowest BCUT2D eigenvalue weighted by Gasteiger charge is -2.40. The van der Waals surface area contributed by atoms with Crippen molar-refractivity contribution in [2.24, 2.45) is 0 Å². The Hall–Kier alpha value is -2.24. The molecule has 2 aromatic rings. The molecular formula is C20H22ClNO8. The average Bonchev–Trinajstić information content (AvgIpc) is 2.74. The maximum absolute atomic E-state index is 12.1. The highest BCUT2D eigenvalue weighted by Crippen LogP contribution is 2.28. The van der Waals surface area contributed by atoms with Gasteiger partial charge in [-0.2, -0.15) is 5.06 Å². The molecule has 0 bridgehead atoms. The predicted octanol–water partition coefficient (Wildman–Crippen LogP) is 1.22. The Labute approximate surface area is 177 Å². The number of hydrogen-bond acceptors (Lipinski definition) is 8. The van der Waals surface area contributed by atoms with Gasteiger partial charge in [-0.3, -0.25) is 4.79 Å². The highest BCUT2D eigenvalue weighted by Gasteiger charge is 2.45. The maximum atomic E-state index is 12.1. The van der Waals surface area contributed by atoms with Gasteiger partial charge in [-0.25, -0.2) is 4.84 Å². The van der Waals surface area contributed by atoms with E-state index in [1.165, 1.54) is 6.92 Å². The van der Waals surface area contributed by atoms with Crippen molar-refractivity contribution in [1.29, 1.82) is 0 Å². The lowest BCUT2D eigenvalue weighted by atomic mass is 9.99. The number of halogens is 1. The Bertz CT molecular complexity index is 845. The van der Waals surface area contributed by atoms with Gasteiger partial charge >= 0.3 is 0 Å². The first-order chi connectivity index (χ1) is 14.3. The Morgan fingerprint density at radius 3 is 2.10 bits per heavy atom. The Morgan fingerprint density at radius 1 is 1.00 bits per heavy atom. The molecule has 1 aliphatic heterocycles. The summed E-state index contributed by atoms with van der Waals surface area (Å²) in [6.07, 6.45) is -7.44. The number of aliphatic hydroxyl groups excluding tert-OH is 4. The summed E-state index contributed by atoms with van der Waals surface area (Å²) in [6.45, 7) is 0.629. The van der Waals surface area contributed by atoms with E-state index in [0.29, 0.717) is 22.2 Å². The van der Waals surface area contributed by atoms with E-state index in [9.17, 15) is 25.2 Å². The Kier molecular flexibility index (Phi) is 7.27. The highest BCUT2D eigenvalue weighted by atomic mass is 35.5. The number of rotatable bonds is 6. The molecule has 3 rings (SSSR count). The summed E-state index contributed by atoms with van der Waals surface area (Å²) >= 11 is 5.85. The minimum absolute atomic E-state index is 0.308. The van der Waals surface area contributed by atoms with Crippen molar-refractivity contribution in [3.63, 3.8) is 0 Å². The molecule has 0 aromatic heterocycles. The molecular weight excluding hydrogens is 418 g/mol. The summed E-state index contributed by atoms with van der Waals surface area (Å²) in [5, 5.41) is 40.6. The topological polar surface area (TPSA) is 129 Å². The zero-order valence-corrected chi connectivity index (χ0v) is 16.7. The third kappa shape index (κ3) is 5.08. The second-order valence-electron chi connectivity index (χ2n) is 6.67. The van der Waals surface area contributed by atoms with E-state index in [1.54, 1.807) is 48.5 Å². The summed E-state index contributed by atoms with van der Waals surface area (Å²) in [5.41, 5.74) is 0.308. The van der Waals surface area contributed by atoms with Gasteiger partial charge in [0, 0.05) is 11.9 Å². The van der Waals surface area contributed by atoms with Crippen LogP contribution >= 0.6 is 11.6 Å². The molecule has 0 spiro atoms. The van der Waals surface area contributed by atoms with Gasteiger partial charge < -0.3 is 29.9 Å². The fraction of sp³-hybridized carbons (Fsp3) is 0.350. The van der Waals surface area contributed by atoms with Crippen LogP contribution in [-0.2, 0) is 14.4 Å². The van der Waals surface area contributed by atoms with Gasteiger partial charge in [0.15, 0.2) is 0 Å². The number of anilines is 1. The molecule has 2 aromatic carbocycles. The third-order valence-electron chi connectivity index (χ3n) is 4.46. The SMILES string of the molecule is CC(=O)N(O[C@@H]1O[C@@H](CO)[C@@H](O)[C@@H](O)[C@H]1O)c1ccc(Oc2ccc(Cl)cc2)cc1. The van der Waals surface area contributed by atoms with Crippen LogP contribution in [0, 0.1) is 0 Å². The summed E-state index contributed by atoms with van der Waals surface area (Å²) in [6, 6.07) is 13.1. The molecule has 9 nitrogen and oxygen atoms in total. The van der Waals surface area contributed by atoms with Gasteiger partial charge in [-0.1, -0.05) is 11.6 Å². The fourth-order valence-electron chi connectivity index (χ4n) is 2.86. The van der Waals surface area contributed by atoms with Crippen LogP contribution in [0.15, 0.2) is 48.5 Å². The van der Waals surface area contributed by atoms with Crippen LogP contribution in [0.5, 0.6) is 11.5 Å². The van der Waals surface area contributed by atoms with E-state index >= 15 is 0 Å².